The van der Waals surface area contributed by atoms with Gasteiger partial charge in [-0.3, -0.25) is 4.79 Å². The number of hydrogen-bond donors (Lipinski definition) is 1. The van der Waals surface area contributed by atoms with E-state index in [1.54, 1.807) is 6.07 Å². The Morgan fingerprint density at radius 1 is 1.33 bits per heavy atom. The van der Waals surface area contributed by atoms with E-state index in [9.17, 15) is 14.3 Å². The number of phenolic OH excluding ortho intramolecular Hbond substituents is 1. The van der Waals surface area contributed by atoms with Crippen LogP contribution in [0.4, 0.5) is 4.39 Å². The van der Waals surface area contributed by atoms with E-state index in [1.165, 1.54) is 19.2 Å². The summed E-state index contributed by atoms with van der Waals surface area (Å²) in [7, 11) is 1.38. The Labute approximate surface area is 156 Å². The maximum absolute atomic E-state index is 14.2. The summed E-state index contributed by atoms with van der Waals surface area (Å²) < 4.78 is 30.8. The molecule has 3 unspecified atom stereocenters. The Morgan fingerprint density at radius 3 is 2.93 bits per heavy atom. The van der Waals surface area contributed by atoms with E-state index >= 15 is 0 Å². The molecule has 27 heavy (non-hydrogen) atoms. The Balaban J connectivity index is 1.56. The fourth-order valence-electron chi connectivity index (χ4n) is 3.99. The highest BCUT2D eigenvalue weighted by Crippen LogP contribution is 2.44. The predicted octanol–water partition coefficient (Wildman–Crippen LogP) is 3.88. The molecule has 142 valence electrons. The van der Waals surface area contributed by atoms with Gasteiger partial charge < -0.3 is 19.3 Å². The standard InChI is InChI=1S/C21H21FO5/c1-11(21(24)25-2)15-10-26-19-9-12(3-4-13(15)19)27-18-8-5-14-17(23)7-6-16(22)20(14)18/h3-4,6-7,9,11,15,18,23H,5,8,10H2,1-2H3. The normalized spacial score (nSPS) is 21.1. The Hall–Kier alpha value is -2.76. The van der Waals surface area contributed by atoms with Crippen molar-refractivity contribution >= 4 is 5.97 Å². The number of carbonyl (C=O) groups excluding carboxylic acids is 1. The van der Waals surface area contributed by atoms with Crippen molar-refractivity contribution in [3.8, 4) is 17.2 Å². The first-order valence-electron chi connectivity index (χ1n) is 9.01. The number of benzene rings is 2. The van der Waals surface area contributed by atoms with E-state index in [-0.39, 0.29) is 29.4 Å². The number of rotatable bonds is 4. The van der Waals surface area contributed by atoms with Gasteiger partial charge in [0, 0.05) is 28.7 Å². The zero-order valence-electron chi connectivity index (χ0n) is 15.2. The zero-order chi connectivity index (χ0) is 19.1. The molecule has 0 amide bonds. The number of fused-ring (bicyclic) bond motifs is 2. The molecule has 0 aromatic heterocycles. The largest absolute Gasteiger partial charge is 0.508 e. The lowest BCUT2D eigenvalue weighted by Gasteiger charge is -2.17. The van der Waals surface area contributed by atoms with Gasteiger partial charge in [0.1, 0.15) is 29.2 Å². The molecule has 0 radical (unpaired) electrons. The Kier molecular flexibility index (Phi) is 4.42. The number of halogens is 1. The van der Waals surface area contributed by atoms with Gasteiger partial charge in [0.2, 0.25) is 0 Å². The van der Waals surface area contributed by atoms with Gasteiger partial charge in [-0.15, -0.1) is 0 Å². The molecule has 2 aliphatic rings. The third kappa shape index (κ3) is 2.99. The summed E-state index contributed by atoms with van der Waals surface area (Å²) in [6.07, 6.45) is 0.726. The van der Waals surface area contributed by atoms with E-state index in [0.717, 1.165) is 5.56 Å². The zero-order valence-corrected chi connectivity index (χ0v) is 15.2. The van der Waals surface area contributed by atoms with Gasteiger partial charge in [0.25, 0.3) is 0 Å². The molecule has 5 nitrogen and oxygen atoms in total. The van der Waals surface area contributed by atoms with Crippen molar-refractivity contribution in [3.05, 3.63) is 52.8 Å². The molecule has 0 spiro atoms. The van der Waals surface area contributed by atoms with Crippen LogP contribution < -0.4 is 9.47 Å². The van der Waals surface area contributed by atoms with Gasteiger partial charge in [0.15, 0.2) is 0 Å². The topological polar surface area (TPSA) is 65.0 Å². The van der Waals surface area contributed by atoms with Gasteiger partial charge in [-0.1, -0.05) is 13.0 Å². The summed E-state index contributed by atoms with van der Waals surface area (Å²) in [6, 6.07) is 8.11. The molecule has 1 aliphatic carbocycles. The summed E-state index contributed by atoms with van der Waals surface area (Å²) in [4.78, 5) is 11.8. The molecular formula is C21H21FO5. The van der Waals surface area contributed by atoms with Crippen molar-refractivity contribution in [2.45, 2.75) is 31.8 Å². The summed E-state index contributed by atoms with van der Waals surface area (Å²) in [5, 5.41) is 9.93. The highest BCUT2D eigenvalue weighted by atomic mass is 19.1. The third-order valence-electron chi connectivity index (χ3n) is 5.52. The molecule has 1 heterocycles. The minimum atomic E-state index is -0.448. The van der Waals surface area contributed by atoms with Gasteiger partial charge in [0.05, 0.1) is 19.6 Å². The highest BCUT2D eigenvalue weighted by molar-refractivity contribution is 5.73. The minimum absolute atomic E-state index is 0.0666. The molecular weight excluding hydrogens is 351 g/mol. The quantitative estimate of drug-likeness (QED) is 0.825. The SMILES string of the molecule is COC(=O)C(C)C1COc2cc(OC3CCc4c(O)ccc(F)c43)ccc21. The second kappa shape index (κ2) is 6.76. The van der Waals surface area contributed by atoms with Crippen LogP contribution in [0.2, 0.25) is 0 Å². The lowest BCUT2D eigenvalue weighted by Crippen LogP contribution is -2.21. The number of aromatic hydroxyl groups is 1. The number of carbonyl (C=O) groups is 1. The molecule has 2 aromatic rings. The smallest absolute Gasteiger partial charge is 0.309 e. The fourth-order valence-corrected chi connectivity index (χ4v) is 3.99. The molecule has 2 aromatic carbocycles. The van der Waals surface area contributed by atoms with Crippen LogP contribution in [0.3, 0.4) is 0 Å². The summed E-state index contributed by atoms with van der Waals surface area (Å²) in [6.45, 7) is 2.23. The van der Waals surface area contributed by atoms with E-state index < -0.39 is 6.10 Å². The molecule has 4 rings (SSSR count). The molecule has 3 atom stereocenters. The summed E-state index contributed by atoms with van der Waals surface area (Å²) in [5.41, 5.74) is 1.98. The first-order valence-corrected chi connectivity index (χ1v) is 9.01. The number of esters is 1. The predicted molar refractivity (Wildman–Crippen MR) is 95.6 cm³/mol. The van der Waals surface area contributed by atoms with Crippen LogP contribution in [0.25, 0.3) is 0 Å². The molecule has 1 N–H and O–H groups in total. The minimum Gasteiger partial charge on any atom is -0.508 e. The Bertz CT molecular complexity index is 894. The molecule has 1 aliphatic heterocycles. The third-order valence-corrected chi connectivity index (χ3v) is 5.52. The molecule has 6 heteroatoms. The van der Waals surface area contributed by atoms with Crippen LogP contribution in [0.1, 0.15) is 42.1 Å². The van der Waals surface area contributed by atoms with Crippen molar-refractivity contribution in [2.75, 3.05) is 13.7 Å². The van der Waals surface area contributed by atoms with Crippen molar-refractivity contribution < 1.29 is 28.5 Å². The Morgan fingerprint density at radius 2 is 2.15 bits per heavy atom. The fraction of sp³-hybridized carbons (Fsp3) is 0.381. The first-order chi connectivity index (χ1) is 13.0. The van der Waals surface area contributed by atoms with Gasteiger partial charge in [-0.2, -0.15) is 0 Å². The van der Waals surface area contributed by atoms with Crippen LogP contribution in [0.15, 0.2) is 30.3 Å². The van der Waals surface area contributed by atoms with Crippen LogP contribution in [-0.2, 0) is 16.0 Å². The molecule has 0 bridgehead atoms. The van der Waals surface area contributed by atoms with E-state index in [2.05, 4.69) is 0 Å². The van der Waals surface area contributed by atoms with Crippen molar-refractivity contribution in [1.82, 2.24) is 0 Å². The monoisotopic (exact) mass is 372 g/mol. The van der Waals surface area contributed by atoms with Crippen LogP contribution in [0.5, 0.6) is 17.2 Å². The van der Waals surface area contributed by atoms with Gasteiger partial charge >= 0.3 is 5.97 Å². The van der Waals surface area contributed by atoms with Crippen molar-refractivity contribution in [1.29, 1.82) is 0 Å². The summed E-state index contributed by atoms with van der Waals surface area (Å²) >= 11 is 0. The maximum atomic E-state index is 14.2. The van der Waals surface area contributed by atoms with Gasteiger partial charge in [-0.25, -0.2) is 4.39 Å². The van der Waals surface area contributed by atoms with E-state index in [1.807, 2.05) is 19.1 Å². The summed E-state index contributed by atoms with van der Waals surface area (Å²) in [5.74, 6) is 0.340. The van der Waals surface area contributed by atoms with Crippen LogP contribution >= 0.6 is 0 Å². The molecule has 0 saturated carbocycles. The van der Waals surface area contributed by atoms with Crippen LogP contribution in [0, 0.1) is 11.7 Å². The van der Waals surface area contributed by atoms with Gasteiger partial charge in [-0.05, 0) is 31.0 Å². The second-order valence-electron chi connectivity index (χ2n) is 7.03. The maximum Gasteiger partial charge on any atom is 0.309 e. The second-order valence-corrected chi connectivity index (χ2v) is 7.03. The van der Waals surface area contributed by atoms with E-state index in [4.69, 9.17) is 14.2 Å². The average Bonchev–Trinajstić information content (AvgIpc) is 3.28. The first kappa shape index (κ1) is 17.6. The number of hydrogen-bond acceptors (Lipinski definition) is 5. The number of ether oxygens (including phenoxy) is 3. The lowest BCUT2D eigenvalue weighted by atomic mass is 9.89. The molecule has 0 saturated heterocycles. The molecule has 0 fully saturated rings. The highest BCUT2D eigenvalue weighted by Gasteiger charge is 2.34. The number of methoxy groups -OCH3 is 1. The number of phenols is 1. The van der Waals surface area contributed by atoms with Crippen molar-refractivity contribution in [2.24, 2.45) is 5.92 Å². The average molecular weight is 372 g/mol. The van der Waals surface area contributed by atoms with E-state index in [0.29, 0.717) is 42.1 Å². The van der Waals surface area contributed by atoms with Crippen LogP contribution in [-0.4, -0.2) is 24.8 Å². The lowest BCUT2D eigenvalue weighted by molar-refractivity contribution is -0.145. The van der Waals surface area contributed by atoms with Crippen molar-refractivity contribution in [3.63, 3.8) is 0 Å².